The average Bonchev–Trinajstić information content (AvgIpc) is 3.36. The van der Waals surface area contributed by atoms with Gasteiger partial charge in [-0.05, 0) is 48.5 Å². The highest BCUT2D eigenvalue weighted by molar-refractivity contribution is 6.14. The van der Waals surface area contributed by atoms with Crippen molar-refractivity contribution in [1.29, 1.82) is 0 Å². The summed E-state index contributed by atoms with van der Waals surface area (Å²) in [6.07, 6.45) is 1.34. The fraction of sp³-hybridized carbons (Fsp3) is 0.0455. The van der Waals surface area contributed by atoms with E-state index in [1.807, 2.05) is 0 Å². The lowest BCUT2D eigenvalue weighted by atomic mass is 10.0. The highest BCUT2D eigenvalue weighted by atomic mass is 19.1. The van der Waals surface area contributed by atoms with Crippen molar-refractivity contribution in [2.24, 2.45) is 0 Å². The van der Waals surface area contributed by atoms with Crippen LogP contribution in [-0.2, 0) is 0 Å². The molecule has 0 spiro atoms. The molecule has 0 aliphatic rings. The van der Waals surface area contributed by atoms with E-state index in [1.165, 1.54) is 48.3 Å². The van der Waals surface area contributed by atoms with E-state index in [4.69, 9.17) is 9.15 Å². The molecule has 0 aliphatic carbocycles. The van der Waals surface area contributed by atoms with Gasteiger partial charge in [0, 0.05) is 11.3 Å². The number of aromatic hydroxyl groups is 2. The Kier molecular flexibility index (Phi) is 4.56. The maximum Gasteiger partial charge on any atom is 0.240 e. The van der Waals surface area contributed by atoms with Gasteiger partial charge in [-0.3, -0.25) is 9.36 Å². The molecule has 0 atom stereocenters. The molecule has 2 aromatic heterocycles. The number of carbonyl (C=O) groups is 1. The van der Waals surface area contributed by atoms with Crippen molar-refractivity contribution >= 4 is 5.78 Å². The zero-order valence-corrected chi connectivity index (χ0v) is 15.3. The van der Waals surface area contributed by atoms with Crippen LogP contribution in [0.4, 0.5) is 4.39 Å². The first-order valence-electron chi connectivity index (χ1n) is 8.67. The highest BCUT2D eigenvalue weighted by Crippen LogP contribution is 2.46. The third-order valence-corrected chi connectivity index (χ3v) is 4.54. The topological polar surface area (TPSA) is 84.8 Å². The lowest BCUT2D eigenvalue weighted by Gasteiger charge is -2.14. The van der Waals surface area contributed by atoms with Crippen molar-refractivity contribution in [2.45, 2.75) is 0 Å². The molecule has 0 bridgehead atoms. The summed E-state index contributed by atoms with van der Waals surface area (Å²) >= 11 is 0. The molecule has 146 valence electrons. The predicted octanol–water partition coefficient (Wildman–Crippen LogP) is 4.53. The number of ether oxygens (including phenoxy) is 1. The summed E-state index contributed by atoms with van der Waals surface area (Å²) in [6, 6.07) is 15.1. The summed E-state index contributed by atoms with van der Waals surface area (Å²) in [5.74, 6) is -1.85. The van der Waals surface area contributed by atoms with E-state index in [1.54, 1.807) is 30.3 Å². The van der Waals surface area contributed by atoms with Gasteiger partial charge < -0.3 is 19.4 Å². The minimum absolute atomic E-state index is 0.00676. The van der Waals surface area contributed by atoms with Crippen LogP contribution < -0.4 is 4.74 Å². The number of rotatable bonds is 5. The number of aromatic nitrogens is 1. The summed E-state index contributed by atoms with van der Waals surface area (Å²) < 4.78 is 25.3. The molecule has 2 heterocycles. The van der Waals surface area contributed by atoms with Gasteiger partial charge in [-0.25, -0.2) is 4.39 Å². The second kappa shape index (κ2) is 7.20. The number of furan rings is 1. The van der Waals surface area contributed by atoms with Crippen LogP contribution in [0.1, 0.15) is 16.1 Å². The van der Waals surface area contributed by atoms with Gasteiger partial charge in [-0.2, -0.15) is 0 Å². The fourth-order valence-corrected chi connectivity index (χ4v) is 3.23. The van der Waals surface area contributed by atoms with Gasteiger partial charge in [0.2, 0.25) is 11.7 Å². The van der Waals surface area contributed by atoms with Gasteiger partial charge in [0.15, 0.2) is 11.5 Å². The van der Waals surface area contributed by atoms with Crippen molar-refractivity contribution in [3.05, 3.63) is 84.1 Å². The molecule has 2 N–H and O–H groups in total. The van der Waals surface area contributed by atoms with Crippen LogP contribution >= 0.6 is 0 Å². The Morgan fingerprint density at radius 3 is 2.41 bits per heavy atom. The third-order valence-electron chi connectivity index (χ3n) is 4.54. The Bertz CT molecular complexity index is 1180. The molecular formula is C22H16FNO5. The van der Waals surface area contributed by atoms with Crippen LogP contribution in [0.2, 0.25) is 0 Å². The number of nitrogens with zero attached hydrogens (tertiary/aromatic N) is 1. The van der Waals surface area contributed by atoms with Crippen LogP contribution in [0.25, 0.3) is 16.9 Å². The number of carbonyl (C=O) groups excluding carboxylic acids is 1. The Hall–Kier alpha value is -4.00. The van der Waals surface area contributed by atoms with Crippen LogP contribution in [0.5, 0.6) is 17.4 Å². The molecule has 0 saturated heterocycles. The molecule has 29 heavy (non-hydrogen) atoms. The molecule has 0 amide bonds. The monoisotopic (exact) mass is 393 g/mol. The Labute approximate surface area is 165 Å². The largest absolute Gasteiger partial charge is 0.503 e. The molecule has 0 radical (unpaired) electrons. The Morgan fingerprint density at radius 1 is 1.03 bits per heavy atom. The first-order valence-corrected chi connectivity index (χ1v) is 8.67. The number of methoxy groups -OCH3 is 1. The van der Waals surface area contributed by atoms with Crippen LogP contribution in [0.3, 0.4) is 0 Å². The Morgan fingerprint density at radius 2 is 1.76 bits per heavy atom. The fourth-order valence-electron chi connectivity index (χ4n) is 3.23. The van der Waals surface area contributed by atoms with Gasteiger partial charge in [0.25, 0.3) is 0 Å². The van der Waals surface area contributed by atoms with Gasteiger partial charge >= 0.3 is 0 Å². The summed E-state index contributed by atoms with van der Waals surface area (Å²) in [7, 11) is 1.47. The number of ketones is 1. The minimum Gasteiger partial charge on any atom is -0.503 e. The zero-order valence-electron chi connectivity index (χ0n) is 15.3. The van der Waals surface area contributed by atoms with Gasteiger partial charge in [-0.1, -0.05) is 12.1 Å². The van der Waals surface area contributed by atoms with Crippen molar-refractivity contribution in [1.82, 2.24) is 4.57 Å². The van der Waals surface area contributed by atoms with Gasteiger partial charge in [0.05, 0.1) is 24.6 Å². The van der Waals surface area contributed by atoms with E-state index in [2.05, 4.69) is 0 Å². The van der Waals surface area contributed by atoms with Crippen molar-refractivity contribution in [3.63, 3.8) is 0 Å². The number of benzene rings is 2. The molecule has 0 fully saturated rings. The smallest absolute Gasteiger partial charge is 0.240 e. The number of hydrogen-bond acceptors (Lipinski definition) is 5. The second-order valence-corrected chi connectivity index (χ2v) is 6.21. The van der Waals surface area contributed by atoms with Crippen LogP contribution in [0, 0.1) is 5.82 Å². The molecule has 2 aromatic carbocycles. The van der Waals surface area contributed by atoms with Crippen LogP contribution in [0.15, 0.2) is 71.3 Å². The lowest BCUT2D eigenvalue weighted by Crippen LogP contribution is -2.05. The minimum atomic E-state index is -0.621. The van der Waals surface area contributed by atoms with E-state index in [-0.39, 0.29) is 17.0 Å². The van der Waals surface area contributed by atoms with E-state index in [9.17, 15) is 19.4 Å². The van der Waals surface area contributed by atoms with E-state index in [0.29, 0.717) is 17.0 Å². The number of halogens is 1. The van der Waals surface area contributed by atoms with Gasteiger partial charge in [0.1, 0.15) is 11.6 Å². The highest BCUT2D eigenvalue weighted by Gasteiger charge is 2.32. The lowest BCUT2D eigenvalue weighted by molar-refractivity contribution is 0.101. The summed E-state index contributed by atoms with van der Waals surface area (Å²) in [4.78, 5) is 13.1. The number of hydrogen-bond donors (Lipinski definition) is 2. The standard InChI is InChI=1S/C22H16FNO5/c1-28-16-6-3-2-5-15(16)19-18(20(25)17-7-4-12-29-17)21(26)22(27)24(19)14-10-8-13(23)9-11-14/h2-12,26-27H,1H3. The molecule has 0 unspecified atom stereocenters. The third kappa shape index (κ3) is 3.02. The maximum atomic E-state index is 13.4. The molecule has 4 aromatic rings. The van der Waals surface area contributed by atoms with Crippen molar-refractivity contribution in [3.8, 4) is 34.3 Å². The molecule has 0 aliphatic heterocycles. The first-order chi connectivity index (χ1) is 14.0. The molecule has 6 nitrogen and oxygen atoms in total. The SMILES string of the molecule is COc1ccccc1-c1c(C(=O)c2ccco2)c(O)c(O)n1-c1ccc(F)cc1. The summed E-state index contributed by atoms with van der Waals surface area (Å²) in [5.41, 5.74) is 0.820. The molecule has 7 heteroatoms. The first kappa shape index (κ1) is 18.4. The maximum absolute atomic E-state index is 13.4. The Balaban J connectivity index is 2.07. The molecule has 4 rings (SSSR count). The second-order valence-electron chi connectivity index (χ2n) is 6.21. The van der Waals surface area contributed by atoms with Crippen LogP contribution in [-0.4, -0.2) is 27.7 Å². The van der Waals surface area contributed by atoms with Crippen molar-refractivity contribution < 1.29 is 28.6 Å². The summed E-state index contributed by atoms with van der Waals surface area (Å²) in [5, 5.41) is 21.3. The predicted molar refractivity (Wildman–Crippen MR) is 103 cm³/mol. The van der Waals surface area contributed by atoms with E-state index >= 15 is 0 Å². The van der Waals surface area contributed by atoms with E-state index in [0.717, 1.165) is 0 Å². The zero-order chi connectivity index (χ0) is 20.5. The molecule has 0 saturated carbocycles. The average molecular weight is 393 g/mol. The number of para-hydroxylation sites is 1. The van der Waals surface area contributed by atoms with Crippen molar-refractivity contribution in [2.75, 3.05) is 7.11 Å². The quantitative estimate of drug-likeness (QED) is 0.487. The van der Waals surface area contributed by atoms with Gasteiger partial charge in [-0.15, -0.1) is 0 Å². The normalized spacial score (nSPS) is 10.8. The summed E-state index contributed by atoms with van der Waals surface area (Å²) in [6.45, 7) is 0. The molecular weight excluding hydrogens is 377 g/mol. The van der Waals surface area contributed by atoms with E-state index < -0.39 is 23.2 Å².